The van der Waals surface area contributed by atoms with Gasteiger partial charge in [-0.05, 0) is 13.0 Å². The smallest absolute Gasteiger partial charge is 0.315 e. The summed E-state index contributed by atoms with van der Waals surface area (Å²) in [5, 5.41) is 5.74. The SMILES string of the molecule is Cc1noc(NC(=O)c2ccnc(NN)c2F)n1. The van der Waals surface area contributed by atoms with Gasteiger partial charge < -0.3 is 9.95 Å². The number of aromatic nitrogens is 3. The molecule has 9 heteroatoms. The van der Waals surface area contributed by atoms with E-state index in [0.29, 0.717) is 5.82 Å². The number of pyridine rings is 1. The first-order chi connectivity index (χ1) is 8.61. The molecule has 0 radical (unpaired) electrons. The van der Waals surface area contributed by atoms with Gasteiger partial charge in [0.2, 0.25) is 0 Å². The minimum atomic E-state index is -0.867. The summed E-state index contributed by atoms with van der Waals surface area (Å²) >= 11 is 0. The average Bonchev–Trinajstić information content (AvgIpc) is 2.75. The van der Waals surface area contributed by atoms with Gasteiger partial charge in [0, 0.05) is 6.20 Å². The molecule has 0 unspecified atom stereocenters. The number of anilines is 2. The van der Waals surface area contributed by atoms with E-state index in [1.807, 2.05) is 5.43 Å². The Hall–Kier alpha value is -2.55. The Morgan fingerprint density at radius 2 is 2.33 bits per heavy atom. The highest BCUT2D eigenvalue weighted by Crippen LogP contribution is 2.15. The van der Waals surface area contributed by atoms with Crippen LogP contribution >= 0.6 is 0 Å². The number of aryl methyl sites for hydroxylation is 1. The molecular formula is C9H9FN6O2. The summed E-state index contributed by atoms with van der Waals surface area (Å²) in [6, 6.07) is 1.09. The van der Waals surface area contributed by atoms with Gasteiger partial charge in [-0.25, -0.2) is 15.2 Å². The molecule has 2 aromatic rings. The third-order valence-corrected chi connectivity index (χ3v) is 2.02. The van der Waals surface area contributed by atoms with Crippen LogP contribution in [0.2, 0.25) is 0 Å². The number of hydrogen-bond donors (Lipinski definition) is 3. The van der Waals surface area contributed by atoms with Crippen molar-refractivity contribution in [3.8, 4) is 0 Å². The van der Waals surface area contributed by atoms with Gasteiger partial charge >= 0.3 is 6.01 Å². The van der Waals surface area contributed by atoms with E-state index in [0.717, 1.165) is 0 Å². The van der Waals surface area contributed by atoms with Crippen molar-refractivity contribution in [1.82, 2.24) is 15.1 Å². The van der Waals surface area contributed by atoms with Gasteiger partial charge in [0.05, 0.1) is 5.56 Å². The maximum Gasteiger partial charge on any atom is 0.328 e. The summed E-state index contributed by atoms with van der Waals surface area (Å²) in [6.45, 7) is 1.59. The van der Waals surface area contributed by atoms with Gasteiger partial charge in [0.25, 0.3) is 5.91 Å². The van der Waals surface area contributed by atoms with Gasteiger partial charge in [-0.15, -0.1) is 0 Å². The molecule has 0 saturated heterocycles. The lowest BCUT2D eigenvalue weighted by molar-refractivity contribution is 0.101. The Morgan fingerprint density at radius 1 is 1.56 bits per heavy atom. The summed E-state index contributed by atoms with van der Waals surface area (Å²) in [4.78, 5) is 19.1. The highest BCUT2D eigenvalue weighted by Gasteiger charge is 2.17. The van der Waals surface area contributed by atoms with Gasteiger partial charge in [0.1, 0.15) is 0 Å². The van der Waals surface area contributed by atoms with E-state index < -0.39 is 11.7 Å². The fraction of sp³-hybridized carbons (Fsp3) is 0.111. The minimum Gasteiger partial charge on any atom is -0.315 e. The number of carbonyl (C=O) groups excluding carboxylic acids is 1. The molecule has 1 amide bonds. The quantitative estimate of drug-likeness (QED) is 0.536. The monoisotopic (exact) mass is 252 g/mol. The van der Waals surface area contributed by atoms with Crippen LogP contribution < -0.4 is 16.6 Å². The molecule has 0 aliphatic heterocycles. The minimum absolute atomic E-state index is 0.115. The first-order valence-electron chi connectivity index (χ1n) is 4.84. The van der Waals surface area contributed by atoms with Crippen LogP contribution in [-0.2, 0) is 0 Å². The fourth-order valence-electron chi connectivity index (χ4n) is 1.23. The van der Waals surface area contributed by atoms with Crippen LogP contribution in [0.25, 0.3) is 0 Å². The first kappa shape index (κ1) is 11.9. The molecule has 0 bridgehead atoms. The van der Waals surface area contributed by atoms with E-state index in [1.54, 1.807) is 6.92 Å². The van der Waals surface area contributed by atoms with E-state index in [2.05, 4.69) is 25.0 Å². The number of hydrogen-bond acceptors (Lipinski definition) is 7. The highest BCUT2D eigenvalue weighted by atomic mass is 19.1. The standard InChI is InChI=1S/C9H9FN6O2/c1-4-13-9(18-16-4)14-8(17)5-2-3-12-7(15-11)6(5)10/h2-3H,11H2,1H3,(H,12,15)(H,13,14,16,17). The van der Waals surface area contributed by atoms with Crippen LogP contribution in [0.3, 0.4) is 0 Å². The number of amides is 1. The Morgan fingerprint density at radius 3 is 2.94 bits per heavy atom. The second kappa shape index (κ2) is 4.75. The fourth-order valence-corrected chi connectivity index (χ4v) is 1.23. The van der Waals surface area contributed by atoms with Crippen LogP contribution in [0.5, 0.6) is 0 Å². The maximum atomic E-state index is 13.7. The number of nitrogens with one attached hydrogen (secondary N) is 2. The second-order valence-electron chi connectivity index (χ2n) is 3.27. The van der Waals surface area contributed by atoms with Crippen molar-refractivity contribution in [2.24, 2.45) is 5.84 Å². The Kier molecular flexibility index (Phi) is 3.15. The average molecular weight is 252 g/mol. The number of rotatable bonds is 3. The molecule has 2 rings (SSSR count). The van der Waals surface area contributed by atoms with E-state index in [-0.39, 0.29) is 17.4 Å². The van der Waals surface area contributed by atoms with Crippen molar-refractivity contribution in [3.05, 3.63) is 29.5 Å². The Bertz CT molecular complexity index is 584. The highest BCUT2D eigenvalue weighted by molar-refractivity contribution is 6.03. The molecule has 4 N–H and O–H groups in total. The maximum absolute atomic E-state index is 13.7. The van der Waals surface area contributed by atoms with Crippen molar-refractivity contribution >= 4 is 17.7 Å². The van der Waals surface area contributed by atoms with E-state index >= 15 is 0 Å². The predicted molar refractivity (Wildman–Crippen MR) is 59.0 cm³/mol. The molecule has 94 valence electrons. The molecule has 0 atom stereocenters. The summed E-state index contributed by atoms with van der Waals surface area (Å²) in [7, 11) is 0. The van der Waals surface area contributed by atoms with Crippen LogP contribution in [0.1, 0.15) is 16.2 Å². The molecule has 0 aliphatic rings. The van der Waals surface area contributed by atoms with E-state index in [4.69, 9.17) is 5.84 Å². The number of hydrazine groups is 1. The van der Waals surface area contributed by atoms with Crippen molar-refractivity contribution in [2.75, 3.05) is 10.7 Å². The Balaban J connectivity index is 2.24. The lowest BCUT2D eigenvalue weighted by atomic mass is 10.2. The van der Waals surface area contributed by atoms with Gasteiger partial charge in [-0.1, -0.05) is 5.16 Å². The number of nitrogen functional groups attached to an aromatic ring is 1. The number of carbonyl (C=O) groups is 1. The molecule has 18 heavy (non-hydrogen) atoms. The molecule has 0 spiro atoms. The lowest BCUT2D eigenvalue weighted by Gasteiger charge is -2.05. The first-order valence-corrected chi connectivity index (χ1v) is 4.84. The molecule has 2 aromatic heterocycles. The van der Waals surface area contributed by atoms with Crippen LogP contribution in [0, 0.1) is 12.7 Å². The predicted octanol–water partition coefficient (Wildman–Crippen LogP) is 0.450. The summed E-state index contributed by atoms with van der Waals surface area (Å²) in [6.07, 6.45) is 1.24. The van der Waals surface area contributed by atoms with E-state index in [1.165, 1.54) is 12.3 Å². The second-order valence-corrected chi connectivity index (χ2v) is 3.27. The number of nitrogens with two attached hydrogens (primary N) is 1. The molecule has 0 aromatic carbocycles. The van der Waals surface area contributed by atoms with Gasteiger partial charge in [0.15, 0.2) is 17.5 Å². The van der Waals surface area contributed by atoms with Crippen LogP contribution in [0.4, 0.5) is 16.2 Å². The van der Waals surface area contributed by atoms with Gasteiger partial charge in [-0.2, -0.15) is 4.98 Å². The summed E-state index contributed by atoms with van der Waals surface area (Å²) in [5.74, 6) is 3.56. The summed E-state index contributed by atoms with van der Waals surface area (Å²) in [5.41, 5.74) is 1.80. The molecular weight excluding hydrogens is 243 g/mol. The molecule has 0 aliphatic carbocycles. The molecule has 0 fully saturated rings. The zero-order valence-electron chi connectivity index (χ0n) is 9.27. The van der Waals surface area contributed by atoms with Crippen LogP contribution in [-0.4, -0.2) is 21.0 Å². The zero-order valence-corrected chi connectivity index (χ0v) is 9.27. The van der Waals surface area contributed by atoms with Crippen molar-refractivity contribution in [1.29, 1.82) is 0 Å². The largest absolute Gasteiger partial charge is 0.328 e. The number of halogens is 1. The third kappa shape index (κ3) is 2.25. The van der Waals surface area contributed by atoms with Crippen LogP contribution in [0.15, 0.2) is 16.8 Å². The molecule has 8 nitrogen and oxygen atoms in total. The third-order valence-electron chi connectivity index (χ3n) is 2.02. The Labute approximate surface area is 100 Å². The number of nitrogens with zero attached hydrogens (tertiary/aromatic N) is 3. The topological polar surface area (TPSA) is 119 Å². The van der Waals surface area contributed by atoms with E-state index in [9.17, 15) is 9.18 Å². The summed E-state index contributed by atoms with van der Waals surface area (Å²) < 4.78 is 18.4. The van der Waals surface area contributed by atoms with Gasteiger partial charge in [-0.3, -0.25) is 10.1 Å². The zero-order chi connectivity index (χ0) is 13.1. The molecule has 2 heterocycles. The lowest BCUT2D eigenvalue weighted by Crippen LogP contribution is -2.17. The molecule has 0 saturated carbocycles. The van der Waals surface area contributed by atoms with Crippen molar-refractivity contribution < 1.29 is 13.7 Å². The van der Waals surface area contributed by atoms with Crippen molar-refractivity contribution in [3.63, 3.8) is 0 Å². The normalized spacial score (nSPS) is 10.2. The van der Waals surface area contributed by atoms with Crippen molar-refractivity contribution in [2.45, 2.75) is 6.92 Å².